The molecule has 3 aromatic heterocycles. The van der Waals surface area contributed by atoms with Crippen LogP contribution in [-0.2, 0) is 44.9 Å². The number of ether oxygens (including phenoxy) is 1. The number of aromatic nitrogens is 1. The van der Waals surface area contributed by atoms with Gasteiger partial charge in [-0.15, -0.1) is 22.7 Å². The fourth-order valence-electron chi connectivity index (χ4n) is 6.34. The smallest absolute Gasteiger partial charge is 0.425 e. The van der Waals surface area contributed by atoms with Crippen LogP contribution in [0.3, 0.4) is 0 Å². The Hall–Kier alpha value is -3.23. The van der Waals surface area contributed by atoms with E-state index in [4.69, 9.17) is 4.74 Å². The van der Waals surface area contributed by atoms with Crippen LogP contribution in [0.4, 0.5) is 26.3 Å². The van der Waals surface area contributed by atoms with Gasteiger partial charge in [0.25, 0.3) is 17.7 Å². The molecule has 3 amide bonds. The molecule has 1 N–H and O–H groups in total. The Labute approximate surface area is 299 Å². The fourth-order valence-corrected chi connectivity index (χ4v) is 9.29. The molecule has 2 aliphatic heterocycles. The molecule has 5 heterocycles. The van der Waals surface area contributed by atoms with Crippen molar-refractivity contribution in [2.75, 3.05) is 12.8 Å². The first-order valence-corrected chi connectivity index (χ1v) is 19.4. The summed E-state index contributed by atoms with van der Waals surface area (Å²) in [6.45, 7) is 1.30. The number of sulfonamides is 1. The maximum atomic E-state index is 15.1. The molecule has 50 heavy (non-hydrogen) atoms. The van der Waals surface area contributed by atoms with Gasteiger partial charge in [0.1, 0.15) is 22.4 Å². The Morgan fingerprint density at radius 1 is 1.14 bits per heavy atom. The largest absolute Gasteiger partial charge is 0.474 e. The Morgan fingerprint density at radius 2 is 1.86 bits per heavy atom. The number of nitrogens with zero attached hydrogens (tertiary/aromatic N) is 3. The van der Waals surface area contributed by atoms with Gasteiger partial charge in [-0.1, -0.05) is 13.3 Å². The molecule has 0 saturated carbocycles. The van der Waals surface area contributed by atoms with Crippen molar-refractivity contribution in [3.05, 3.63) is 66.2 Å². The topological polar surface area (TPSA) is 126 Å². The quantitative estimate of drug-likeness (QED) is 0.266. The van der Waals surface area contributed by atoms with Crippen molar-refractivity contribution in [2.45, 2.75) is 75.6 Å². The van der Waals surface area contributed by atoms with Gasteiger partial charge in [0.05, 0.1) is 28.2 Å². The van der Waals surface area contributed by atoms with E-state index < -0.39 is 73.9 Å². The molecule has 0 aliphatic carbocycles. The van der Waals surface area contributed by atoms with Gasteiger partial charge in [-0.3, -0.25) is 24.1 Å². The van der Waals surface area contributed by atoms with Crippen molar-refractivity contribution in [3.63, 3.8) is 0 Å². The number of amides is 3. The molecular formula is C30H29BrF6N4O6S3. The summed E-state index contributed by atoms with van der Waals surface area (Å²) in [5, 5.41) is 1.03. The average Bonchev–Trinajstić information content (AvgIpc) is 3.64. The summed E-state index contributed by atoms with van der Waals surface area (Å²) in [6, 6.07) is 1.30. The number of hydrogen-bond donors (Lipinski definition) is 1. The number of likely N-dealkylation sites (tertiary alicyclic amines) is 1. The molecular weight excluding hydrogens is 802 g/mol. The van der Waals surface area contributed by atoms with Crippen molar-refractivity contribution < 1.29 is 53.9 Å². The molecule has 2 aliphatic rings. The molecule has 0 radical (unpaired) electrons. The van der Waals surface area contributed by atoms with Crippen LogP contribution in [0.5, 0.6) is 5.75 Å². The maximum absolute atomic E-state index is 15.1. The van der Waals surface area contributed by atoms with Gasteiger partial charge in [-0.25, -0.2) is 8.42 Å². The van der Waals surface area contributed by atoms with E-state index in [1.807, 2.05) is 4.72 Å². The lowest BCUT2D eigenvalue weighted by Crippen LogP contribution is -2.70. The number of thiophene rings is 2. The van der Waals surface area contributed by atoms with E-state index in [0.717, 1.165) is 33.7 Å². The highest BCUT2D eigenvalue weighted by molar-refractivity contribution is 9.11. The molecule has 272 valence electrons. The molecule has 0 bridgehead atoms. The van der Waals surface area contributed by atoms with Crippen molar-refractivity contribution in [1.82, 2.24) is 19.5 Å². The number of carbonyl (C=O) groups excluding carboxylic acids is 3. The molecule has 0 spiro atoms. The van der Waals surface area contributed by atoms with Crippen molar-refractivity contribution >= 4 is 66.3 Å². The van der Waals surface area contributed by atoms with E-state index in [9.17, 15) is 44.3 Å². The lowest BCUT2D eigenvalue weighted by molar-refractivity contribution is -0.165. The van der Waals surface area contributed by atoms with Crippen LogP contribution >= 0.6 is 38.6 Å². The van der Waals surface area contributed by atoms with Gasteiger partial charge in [-0.2, -0.15) is 26.3 Å². The van der Waals surface area contributed by atoms with Gasteiger partial charge < -0.3 is 14.5 Å². The van der Waals surface area contributed by atoms with E-state index in [1.54, 1.807) is 13.0 Å². The van der Waals surface area contributed by atoms with Gasteiger partial charge in [0.2, 0.25) is 15.6 Å². The molecule has 0 aromatic carbocycles. The molecule has 1 fully saturated rings. The minimum atomic E-state index is -4.97. The minimum absolute atomic E-state index is 0.0357. The summed E-state index contributed by atoms with van der Waals surface area (Å²) < 4.78 is 116. The summed E-state index contributed by atoms with van der Waals surface area (Å²) in [5.74, 6) is -3.56. The normalized spacial score (nSPS) is 21.5. The first-order valence-electron chi connectivity index (χ1n) is 15.0. The first-order chi connectivity index (χ1) is 23.2. The lowest BCUT2D eigenvalue weighted by Gasteiger charge is -2.51. The van der Waals surface area contributed by atoms with Gasteiger partial charge in [0, 0.05) is 41.9 Å². The molecule has 1 saturated heterocycles. The molecule has 5 rings (SSSR count). The van der Waals surface area contributed by atoms with Crippen LogP contribution in [0.1, 0.15) is 64.0 Å². The van der Waals surface area contributed by atoms with Crippen molar-refractivity contribution in [1.29, 1.82) is 0 Å². The zero-order chi connectivity index (χ0) is 36.8. The second kappa shape index (κ2) is 14.1. The highest BCUT2D eigenvalue weighted by Crippen LogP contribution is 2.44. The maximum Gasteiger partial charge on any atom is 0.425 e. The first kappa shape index (κ1) is 38.0. The second-order valence-electron chi connectivity index (χ2n) is 11.8. The number of nitrogens with one attached hydrogen (secondary N) is 1. The van der Waals surface area contributed by atoms with Crippen LogP contribution in [-0.4, -0.2) is 71.4 Å². The Bertz CT molecular complexity index is 1900. The van der Waals surface area contributed by atoms with E-state index in [1.165, 1.54) is 11.3 Å². The predicted molar refractivity (Wildman–Crippen MR) is 174 cm³/mol. The van der Waals surface area contributed by atoms with Gasteiger partial charge in [0.15, 0.2) is 0 Å². The number of carbonyl (C=O) groups is 3. The highest BCUT2D eigenvalue weighted by atomic mass is 79.9. The number of alkyl halides is 6. The number of pyridine rings is 1. The summed E-state index contributed by atoms with van der Waals surface area (Å²) in [5.41, 5.74) is -3.84. The van der Waals surface area contributed by atoms with Crippen LogP contribution in [0, 0.1) is 0 Å². The Morgan fingerprint density at radius 3 is 2.48 bits per heavy atom. The summed E-state index contributed by atoms with van der Waals surface area (Å²) >= 11 is 4.91. The van der Waals surface area contributed by atoms with Crippen molar-refractivity contribution in [2.24, 2.45) is 0 Å². The van der Waals surface area contributed by atoms with E-state index in [0.29, 0.717) is 37.7 Å². The van der Waals surface area contributed by atoms with Crippen LogP contribution in [0.15, 0.2) is 39.6 Å². The molecule has 3 aromatic rings. The third-order valence-corrected chi connectivity index (χ3v) is 11.5. The molecule has 1 unspecified atom stereocenters. The number of halogens is 7. The van der Waals surface area contributed by atoms with Crippen LogP contribution in [0.2, 0.25) is 0 Å². The lowest BCUT2D eigenvalue weighted by atomic mass is 9.79. The minimum Gasteiger partial charge on any atom is -0.474 e. The third-order valence-electron chi connectivity index (χ3n) is 8.34. The van der Waals surface area contributed by atoms with Crippen LogP contribution in [0.25, 0.3) is 0 Å². The number of rotatable bonds is 8. The zero-order valence-corrected chi connectivity index (χ0v) is 30.3. The SMILES string of the molecule is CCC[C@H]1N(C(=O)c2ncccc2C(F)(F)F)CCC[C@@]1(Oc1csc(C(F)(F)F)c1)C(=O)N1Cc2sc(Br)cc2CC1C(=O)NS(C)(=O)=O. The standard InChI is InChI=1S/C30H29BrF6N4O6S3/c1-3-6-21-28(47-17-13-22(48-15-17)30(35,36)37,8-5-10-40(21)26(43)24-18(29(32,33)34)7-4-9-38-24)27(44)41-14-20-16(12-23(31)49-20)11-19(41)25(42)39-50(2,45)46/h4,7,9,12-13,15,19,21H,3,5-6,8,10-11,14H2,1-2H3,(H,39,42)/t19?,21-,28+/m1/s1. The summed E-state index contributed by atoms with van der Waals surface area (Å²) in [6.07, 6.45) is -8.15. The molecule has 3 atom stereocenters. The Kier molecular flexibility index (Phi) is 10.7. The van der Waals surface area contributed by atoms with E-state index in [2.05, 4.69) is 20.9 Å². The third kappa shape index (κ3) is 7.81. The van der Waals surface area contributed by atoms with Crippen molar-refractivity contribution in [3.8, 4) is 5.75 Å². The number of piperidine rings is 1. The zero-order valence-electron chi connectivity index (χ0n) is 26.2. The highest BCUT2D eigenvalue weighted by Gasteiger charge is 2.57. The number of hydrogen-bond acceptors (Lipinski definition) is 9. The van der Waals surface area contributed by atoms with Gasteiger partial charge in [-0.05, 0) is 52.5 Å². The monoisotopic (exact) mass is 830 g/mol. The fraction of sp³-hybridized carbons (Fsp3) is 0.467. The molecule has 20 heteroatoms. The van der Waals surface area contributed by atoms with Gasteiger partial charge >= 0.3 is 12.4 Å². The Balaban J connectivity index is 1.67. The van der Waals surface area contributed by atoms with E-state index >= 15 is 4.79 Å². The summed E-state index contributed by atoms with van der Waals surface area (Å²) in [4.78, 5) is 48.0. The summed E-state index contributed by atoms with van der Waals surface area (Å²) in [7, 11) is -4.11. The second-order valence-corrected chi connectivity index (χ2v) is 17.0. The predicted octanol–water partition coefficient (Wildman–Crippen LogP) is 6.26. The number of fused-ring (bicyclic) bond motifs is 1. The van der Waals surface area contributed by atoms with E-state index in [-0.39, 0.29) is 50.9 Å². The molecule has 10 nitrogen and oxygen atoms in total. The van der Waals surface area contributed by atoms with Crippen LogP contribution < -0.4 is 9.46 Å². The average molecular weight is 832 g/mol.